The predicted octanol–water partition coefficient (Wildman–Crippen LogP) is 4.53. The first-order valence-corrected chi connectivity index (χ1v) is 9.83. The lowest BCUT2D eigenvalue weighted by atomic mass is 9.73. The van der Waals surface area contributed by atoms with Crippen molar-refractivity contribution in [1.29, 1.82) is 0 Å². The summed E-state index contributed by atoms with van der Waals surface area (Å²) in [4.78, 5) is 4.41. The highest BCUT2D eigenvalue weighted by atomic mass is 15.0. The van der Waals surface area contributed by atoms with E-state index in [1.165, 1.54) is 11.1 Å². The van der Waals surface area contributed by atoms with Crippen molar-refractivity contribution in [2.24, 2.45) is 17.4 Å². The van der Waals surface area contributed by atoms with Gasteiger partial charge in [-0.3, -0.25) is 4.98 Å². The summed E-state index contributed by atoms with van der Waals surface area (Å²) in [6.45, 7) is 10.6. The average Bonchev–Trinajstić information content (AvgIpc) is 2.65. The molecule has 1 aliphatic rings. The minimum absolute atomic E-state index is 0.257. The molecule has 1 saturated carbocycles. The monoisotopic (exact) mass is 364 g/mol. The Labute approximate surface area is 163 Å². The van der Waals surface area contributed by atoms with Crippen molar-refractivity contribution < 1.29 is 0 Å². The van der Waals surface area contributed by atoms with E-state index in [9.17, 15) is 0 Å². The second kappa shape index (κ2) is 7.83. The molecule has 1 fully saturated rings. The average molecular weight is 365 g/mol. The Balaban J connectivity index is 1.70. The Morgan fingerprint density at radius 3 is 2.41 bits per heavy atom. The number of benzene rings is 1. The summed E-state index contributed by atoms with van der Waals surface area (Å²) < 4.78 is 0. The summed E-state index contributed by atoms with van der Waals surface area (Å²) in [5.74, 6) is 0.738. The van der Waals surface area contributed by atoms with Crippen molar-refractivity contribution in [3.63, 3.8) is 0 Å². The highest BCUT2D eigenvalue weighted by molar-refractivity contribution is 5.71. The van der Waals surface area contributed by atoms with Gasteiger partial charge in [-0.1, -0.05) is 25.6 Å². The SMILES string of the molecule is C=C(Nc1ccc(-c2c(C)ccnc2C)cc1)C(N)C1(N)CCC(C)CC1. The van der Waals surface area contributed by atoms with E-state index in [1.807, 2.05) is 19.2 Å². The first kappa shape index (κ1) is 19.6. The highest BCUT2D eigenvalue weighted by Crippen LogP contribution is 2.34. The molecule has 27 heavy (non-hydrogen) atoms. The molecule has 0 amide bonds. The molecule has 4 heteroatoms. The van der Waals surface area contributed by atoms with Crippen LogP contribution in [0.3, 0.4) is 0 Å². The molecule has 5 N–H and O–H groups in total. The van der Waals surface area contributed by atoms with Crippen LogP contribution in [0.15, 0.2) is 48.8 Å². The number of pyridine rings is 1. The zero-order chi connectivity index (χ0) is 19.6. The van der Waals surface area contributed by atoms with Crippen LogP contribution in [-0.4, -0.2) is 16.6 Å². The van der Waals surface area contributed by atoms with Gasteiger partial charge in [-0.2, -0.15) is 0 Å². The fraction of sp³-hybridized carbons (Fsp3) is 0.435. The number of hydrogen-bond donors (Lipinski definition) is 3. The molecule has 1 unspecified atom stereocenters. The third kappa shape index (κ3) is 4.23. The number of nitrogens with zero attached hydrogens (tertiary/aromatic N) is 1. The fourth-order valence-corrected chi connectivity index (χ4v) is 4.07. The van der Waals surface area contributed by atoms with Crippen molar-refractivity contribution in [2.75, 3.05) is 5.32 Å². The zero-order valence-electron chi connectivity index (χ0n) is 16.8. The lowest BCUT2D eigenvalue weighted by Crippen LogP contribution is -2.58. The Morgan fingerprint density at radius 1 is 1.19 bits per heavy atom. The third-order valence-electron chi connectivity index (χ3n) is 6.03. The third-order valence-corrected chi connectivity index (χ3v) is 6.03. The Hall–Kier alpha value is -2.17. The number of aromatic nitrogens is 1. The van der Waals surface area contributed by atoms with Gasteiger partial charge in [0.1, 0.15) is 0 Å². The maximum Gasteiger partial charge on any atom is 0.0624 e. The molecule has 0 radical (unpaired) electrons. The van der Waals surface area contributed by atoms with Crippen molar-refractivity contribution in [2.45, 2.75) is 58.0 Å². The maximum atomic E-state index is 6.62. The number of hydrogen-bond acceptors (Lipinski definition) is 4. The van der Waals surface area contributed by atoms with Crippen molar-refractivity contribution >= 4 is 5.69 Å². The van der Waals surface area contributed by atoms with Crippen LogP contribution in [0, 0.1) is 19.8 Å². The lowest BCUT2D eigenvalue weighted by Gasteiger charge is -2.41. The van der Waals surface area contributed by atoms with Gasteiger partial charge in [0.05, 0.1) is 6.04 Å². The van der Waals surface area contributed by atoms with E-state index in [-0.39, 0.29) is 11.6 Å². The summed E-state index contributed by atoms with van der Waals surface area (Å²) in [5, 5.41) is 3.37. The van der Waals surface area contributed by atoms with Crippen molar-refractivity contribution in [3.05, 3.63) is 60.1 Å². The van der Waals surface area contributed by atoms with Crippen LogP contribution < -0.4 is 16.8 Å². The normalized spacial score (nSPS) is 23.7. The number of nitrogens with two attached hydrogens (primary N) is 2. The quantitative estimate of drug-likeness (QED) is 0.729. The van der Waals surface area contributed by atoms with Crippen LogP contribution in [0.25, 0.3) is 11.1 Å². The minimum atomic E-state index is -0.361. The largest absolute Gasteiger partial charge is 0.358 e. The Bertz CT molecular complexity index is 781. The van der Waals surface area contributed by atoms with Crippen LogP contribution in [-0.2, 0) is 0 Å². The van der Waals surface area contributed by atoms with Gasteiger partial charge in [0.15, 0.2) is 0 Å². The van der Waals surface area contributed by atoms with Crippen LogP contribution in [0.5, 0.6) is 0 Å². The van der Waals surface area contributed by atoms with Gasteiger partial charge in [-0.15, -0.1) is 0 Å². The topological polar surface area (TPSA) is 77.0 Å². The number of anilines is 1. The number of aryl methyl sites for hydroxylation is 2. The minimum Gasteiger partial charge on any atom is -0.358 e. The fourth-order valence-electron chi connectivity index (χ4n) is 4.07. The van der Waals surface area contributed by atoms with Crippen molar-refractivity contribution in [1.82, 2.24) is 4.98 Å². The first-order chi connectivity index (χ1) is 12.8. The standard InChI is InChI=1S/C23H32N4/c1-15-9-12-23(25,13-10-15)22(24)18(4)27-20-7-5-19(6-8-20)21-16(2)11-14-26-17(21)3/h5-8,11,14-15,22,27H,4,9-10,12-13,24-25H2,1-3H3. The van der Waals surface area contributed by atoms with Crippen LogP contribution in [0.4, 0.5) is 5.69 Å². The second-order valence-corrected chi connectivity index (χ2v) is 8.21. The summed E-state index contributed by atoms with van der Waals surface area (Å²) in [6, 6.07) is 10.1. The van der Waals surface area contributed by atoms with Crippen LogP contribution in [0.1, 0.15) is 43.9 Å². The van der Waals surface area contributed by atoms with E-state index >= 15 is 0 Å². The molecule has 2 aromatic rings. The van der Waals surface area contributed by atoms with E-state index in [2.05, 4.69) is 55.0 Å². The van der Waals surface area contributed by atoms with E-state index in [0.717, 1.165) is 54.2 Å². The molecule has 0 aliphatic heterocycles. The smallest absolute Gasteiger partial charge is 0.0624 e. The molecule has 1 aromatic heterocycles. The molecule has 1 aromatic carbocycles. The molecule has 0 bridgehead atoms. The van der Waals surface area contributed by atoms with E-state index in [0.29, 0.717) is 0 Å². The molecular weight excluding hydrogens is 332 g/mol. The lowest BCUT2D eigenvalue weighted by molar-refractivity contribution is 0.223. The van der Waals surface area contributed by atoms with Gasteiger partial charge in [0, 0.05) is 34.4 Å². The van der Waals surface area contributed by atoms with Gasteiger partial charge in [0.2, 0.25) is 0 Å². The van der Waals surface area contributed by atoms with E-state index < -0.39 is 0 Å². The predicted molar refractivity (Wildman–Crippen MR) is 114 cm³/mol. The van der Waals surface area contributed by atoms with Gasteiger partial charge in [-0.25, -0.2) is 0 Å². The van der Waals surface area contributed by atoms with E-state index in [1.54, 1.807) is 0 Å². The van der Waals surface area contributed by atoms with E-state index in [4.69, 9.17) is 11.5 Å². The molecule has 0 saturated heterocycles. The van der Waals surface area contributed by atoms with Crippen LogP contribution >= 0.6 is 0 Å². The molecule has 144 valence electrons. The molecule has 4 nitrogen and oxygen atoms in total. The summed E-state index contributed by atoms with van der Waals surface area (Å²) >= 11 is 0. The second-order valence-electron chi connectivity index (χ2n) is 8.21. The first-order valence-electron chi connectivity index (χ1n) is 9.83. The summed E-state index contributed by atoms with van der Waals surface area (Å²) in [6.07, 6.45) is 6.03. The van der Waals surface area contributed by atoms with Gasteiger partial charge < -0.3 is 16.8 Å². The Kier molecular flexibility index (Phi) is 5.68. The highest BCUT2D eigenvalue weighted by Gasteiger charge is 2.37. The van der Waals surface area contributed by atoms with Gasteiger partial charge >= 0.3 is 0 Å². The molecule has 1 atom stereocenters. The molecular formula is C23H32N4. The number of rotatable bonds is 5. The van der Waals surface area contributed by atoms with Crippen molar-refractivity contribution in [3.8, 4) is 11.1 Å². The molecule has 1 aliphatic carbocycles. The zero-order valence-corrected chi connectivity index (χ0v) is 16.8. The number of nitrogens with one attached hydrogen (secondary N) is 1. The van der Waals surface area contributed by atoms with Gasteiger partial charge in [0.25, 0.3) is 0 Å². The molecule has 3 rings (SSSR count). The molecule has 0 spiro atoms. The summed E-state index contributed by atoms with van der Waals surface area (Å²) in [7, 11) is 0. The summed E-state index contributed by atoms with van der Waals surface area (Å²) in [5.41, 5.74) is 19.1. The van der Waals surface area contributed by atoms with Crippen LogP contribution in [0.2, 0.25) is 0 Å². The van der Waals surface area contributed by atoms with Gasteiger partial charge in [-0.05, 0) is 74.8 Å². The Morgan fingerprint density at radius 2 is 1.81 bits per heavy atom. The maximum absolute atomic E-state index is 6.62. The molecule has 1 heterocycles.